The number of benzene rings is 1. The second-order valence-corrected chi connectivity index (χ2v) is 4.62. The molecule has 0 fully saturated rings. The Labute approximate surface area is 110 Å². The van der Waals surface area contributed by atoms with Crippen LogP contribution in [0.3, 0.4) is 0 Å². The molecule has 18 heavy (non-hydrogen) atoms. The average Bonchev–Trinajstić information content (AvgIpc) is 2.28. The fraction of sp³-hybridized carbons (Fsp3) is 0.455. The molecule has 1 aromatic carbocycles. The molecule has 0 aliphatic rings. The van der Waals surface area contributed by atoms with E-state index in [4.69, 9.17) is 10.5 Å². The summed E-state index contributed by atoms with van der Waals surface area (Å²) < 4.78 is 54.6. The highest BCUT2D eigenvalue weighted by Crippen LogP contribution is 2.33. The minimum atomic E-state index is -4.26. The van der Waals surface area contributed by atoms with Crippen molar-refractivity contribution in [2.45, 2.75) is 25.1 Å². The van der Waals surface area contributed by atoms with Crippen LogP contribution >= 0.6 is 15.9 Å². The Bertz CT molecular complexity index is 422. The van der Waals surface area contributed by atoms with Crippen molar-refractivity contribution in [3.63, 3.8) is 0 Å². The van der Waals surface area contributed by atoms with Crippen molar-refractivity contribution in [1.29, 1.82) is 0 Å². The van der Waals surface area contributed by atoms with Gasteiger partial charge in [0.05, 0.1) is 11.6 Å². The van der Waals surface area contributed by atoms with Crippen LogP contribution < -0.4 is 10.5 Å². The van der Waals surface area contributed by atoms with Crippen LogP contribution in [0.15, 0.2) is 16.6 Å². The number of nitrogens with two attached hydrogens (primary N) is 1. The molecule has 0 heterocycles. The van der Waals surface area contributed by atoms with Gasteiger partial charge in [-0.25, -0.2) is 4.39 Å². The van der Waals surface area contributed by atoms with Gasteiger partial charge in [-0.1, -0.05) is 0 Å². The van der Waals surface area contributed by atoms with Gasteiger partial charge in [0.25, 0.3) is 0 Å². The van der Waals surface area contributed by atoms with E-state index in [2.05, 4.69) is 15.9 Å². The molecule has 0 aliphatic heterocycles. The summed E-state index contributed by atoms with van der Waals surface area (Å²) in [5.41, 5.74) is 6.02. The van der Waals surface area contributed by atoms with Gasteiger partial charge in [0.15, 0.2) is 0 Å². The largest absolute Gasteiger partial charge is 0.496 e. The molecule has 2 nitrogen and oxygen atoms in total. The predicted molar refractivity (Wildman–Crippen MR) is 62.9 cm³/mol. The number of ether oxygens (including phenoxy) is 1. The maximum absolute atomic E-state index is 13.2. The minimum absolute atomic E-state index is 0.140. The molecule has 0 bridgehead atoms. The van der Waals surface area contributed by atoms with Crippen molar-refractivity contribution < 1.29 is 22.3 Å². The van der Waals surface area contributed by atoms with Crippen LogP contribution in [0.5, 0.6) is 5.75 Å². The molecule has 0 aromatic heterocycles. The molecule has 102 valence electrons. The van der Waals surface area contributed by atoms with E-state index >= 15 is 0 Å². The van der Waals surface area contributed by atoms with Gasteiger partial charge < -0.3 is 10.5 Å². The first-order chi connectivity index (χ1) is 8.24. The van der Waals surface area contributed by atoms with E-state index in [9.17, 15) is 17.6 Å². The third kappa shape index (κ3) is 4.13. The quantitative estimate of drug-likeness (QED) is 0.849. The molecule has 7 heteroatoms. The van der Waals surface area contributed by atoms with Crippen molar-refractivity contribution in [2.75, 3.05) is 7.11 Å². The van der Waals surface area contributed by atoms with Crippen molar-refractivity contribution >= 4 is 15.9 Å². The number of alkyl halides is 3. The van der Waals surface area contributed by atoms with Crippen molar-refractivity contribution in [2.24, 2.45) is 5.73 Å². The second-order valence-electron chi connectivity index (χ2n) is 3.77. The first-order valence-corrected chi connectivity index (χ1v) is 5.89. The highest BCUT2D eigenvalue weighted by molar-refractivity contribution is 9.10. The van der Waals surface area contributed by atoms with E-state index < -0.39 is 24.5 Å². The summed E-state index contributed by atoms with van der Waals surface area (Å²) in [4.78, 5) is 0. The first kappa shape index (κ1) is 15.2. The van der Waals surface area contributed by atoms with Gasteiger partial charge in [-0.3, -0.25) is 0 Å². The van der Waals surface area contributed by atoms with Crippen LogP contribution in [-0.2, 0) is 0 Å². The predicted octanol–water partition coefficient (Wildman–Crippen LogP) is 3.94. The SMILES string of the molecule is COc1cc(F)c(Br)cc1C(N)CCC(F)(F)F. The lowest BCUT2D eigenvalue weighted by atomic mass is 10.0. The van der Waals surface area contributed by atoms with E-state index in [1.807, 2.05) is 0 Å². The molecule has 1 atom stereocenters. The van der Waals surface area contributed by atoms with Crippen LogP contribution in [-0.4, -0.2) is 13.3 Å². The third-order valence-corrected chi connectivity index (χ3v) is 3.02. The molecular formula is C11H12BrF4NO. The van der Waals surface area contributed by atoms with Crippen LogP contribution in [0.1, 0.15) is 24.4 Å². The summed E-state index contributed by atoms with van der Waals surface area (Å²) in [7, 11) is 1.31. The summed E-state index contributed by atoms with van der Waals surface area (Å²) in [6, 6.07) is 1.57. The topological polar surface area (TPSA) is 35.2 Å². The molecule has 0 saturated carbocycles. The summed E-state index contributed by atoms with van der Waals surface area (Å²) in [5, 5.41) is 0. The van der Waals surface area contributed by atoms with Crippen molar-refractivity contribution in [3.05, 3.63) is 28.0 Å². The van der Waals surface area contributed by atoms with E-state index in [1.165, 1.54) is 13.2 Å². The Hall–Kier alpha value is -0.820. The molecule has 1 rings (SSSR count). The molecule has 0 radical (unpaired) electrons. The summed E-state index contributed by atoms with van der Waals surface area (Å²) >= 11 is 2.96. The molecule has 0 amide bonds. The minimum Gasteiger partial charge on any atom is -0.496 e. The maximum Gasteiger partial charge on any atom is 0.389 e. The van der Waals surface area contributed by atoms with Gasteiger partial charge in [-0.2, -0.15) is 13.2 Å². The van der Waals surface area contributed by atoms with E-state index in [1.54, 1.807) is 0 Å². The molecule has 0 spiro atoms. The van der Waals surface area contributed by atoms with Gasteiger partial charge in [0.1, 0.15) is 11.6 Å². The Morgan fingerprint density at radius 1 is 1.39 bits per heavy atom. The Morgan fingerprint density at radius 2 is 2.00 bits per heavy atom. The second kappa shape index (κ2) is 5.88. The van der Waals surface area contributed by atoms with Crippen LogP contribution in [0.25, 0.3) is 0 Å². The van der Waals surface area contributed by atoms with Gasteiger partial charge in [0.2, 0.25) is 0 Å². The Morgan fingerprint density at radius 3 is 2.50 bits per heavy atom. The smallest absolute Gasteiger partial charge is 0.389 e. The zero-order valence-electron chi connectivity index (χ0n) is 9.52. The van der Waals surface area contributed by atoms with Gasteiger partial charge in [-0.05, 0) is 28.4 Å². The van der Waals surface area contributed by atoms with E-state index in [0.717, 1.165) is 6.07 Å². The molecule has 0 saturated heterocycles. The molecule has 0 aliphatic carbocycles. The number of rotatable bonds is 4. The summed E-state index contributed by atoms with van der Waals surface area (Å²) in [6.07, 6.45) is -5.54. The standard InChI is InChI=1S/C11H12BrF4NO/c1-18-10-5-8(13)7(12)4-6(10)9(17)2-3-11(14,15)16/h4-5,9H,2-3,17H2,1H3. The number of methoxy groups -OCH3 is 1. The summed E-state index contributed by atoms with van der Waals surface area (Å²) in [5.74, 6) is -0.413. The van der Waals surface area contributed by atoms with Gasteiger partial charge in [0, 0.05) is 24.1 Å². The lowest BCUT2D eigenvalue weighted by molar-refractivity contribution is -0.136. The van der Waals surface area contributed by atoms with Gasteiger partial charge >= 0.3 is 6.18 Å². The van der Waals surface area contributed by atoms with E-state index in [0.29, 0.717) is 5.56 Å². The molecule has 2 N–H and O–H groups in total. The van der Waals surface area contributed by atoms with Crippen molar-refractivity contribution in [1.82, 2.24) is 0 Å². The van der Waals surface area contributed by atoms with Crippen LogP contribution in [0, 0.1) is 5.82 Å². The molecule has 1 aromatic rings. The highest BCUT2D eigenvalue weighted by Gasteiger charge is 2.28. The van der Waals surface area contributed by atoms with Crippen LogP contribution in [0.4, 0.5) is 17.6 Å². The number of halogens is 5. The Balaban J connectivity index is 2.91. The summed E-state index contributed by atoms with van der Waals surface area (Å²) in [6.45, 7) is 0. The zero-order chi connectivity index (χ0) is 13.9. The fourth-order valence-corrected chi connectivity index (χ4v) is 1.85. The average molecular weight is 330 g/mol. The van der Waals surface area contributed by atoms with E-state index in [-0.39, 0.29) is 16.6 Å². The third-order valence-electron chi connectivity index (χ3n) is 2.41. The molecular weight excluding hydrogens is 318 g/mol. The highest BCUT2D eigenvalue weighted by atomic mass is 79.9. The lowest BCUT2D eigenvalue weighted by Gasteiger charge is -2.17. The van der Waals surface area contributed by atoms with Crippen molar-refractivity contribution in [3.8, 4) is 5.75 Å². The normalized spacial score (nSPS) is 13.5. The number of hydrogen-bond donors (Lipinski definition) is 1. The monoisotopic (exact) mass is 329 g/mol. The van der Waals surface area contributed by atoms with Crippen LogP contribution in [0.2, 0.25) is 0 Å². The number of hydrogen-bond acceptors (Lipinski definition) is 2. The lowest BCUT2D eigenvalue weighted by Crippen LogP contribution is -2.16. The molecule has 1 unspecified atom stereocenters. The Kier molecular flexibility index (Phi) is 4.98. The van der Waals surface area contributed by atoms with Gasteiger partial charge in [-0.15, -0.1) is 0 Å². The maximum atomic E-state index is 13.2. The fourth-order valence-electron chi connectivity index (χ4n) is 1.49. The first-order valence-electron chi connectivity index (χ1n) is 5.10. The zero-order valence-corrected chi connectivity index (χ0v) is 11.1.